The van der Waals surface area contributed by atoms with Crippen LogP contribution in [0.1, 0.15) is 5.56 Å². The Bertz CT molecular complexity index is 357. The molecule has 1 aromatic rings. The van der Waals surface area contributed by atoms with Crippen LogP contribution in [-0.4, -0.2) is 36.5 Å². The van der Waals surface area contributed by atoms with Gasteiger partial charge in [0.05, 0.1) is 20.3 Å². The summed E-state index contributed by atoms with van der Waals surface area (Å²) in [5.74, 6) is -0.653. The number of carbonyl (C=O) groups excluding carboxylic acids is 1. The smallest absolute Gasteiger partial charge is 0.321 e. The Kier molecular flexibility index (Phi) is 4.46. The highest BCUT2D eigenvalue weighted by atomic mass is 79.9. The topological polar surface area (TPSA) is 66.8 Å². The molecule has 0 saturated carbocycles. The summed E-state index contributed by atoms with van der Waals surface area (Å²) in [5, 5.41) is 18.7. The van der Waals surface area contributed by atoms with Gasteiger partial charge in [-0.05, 0) is 17.7 Å². The van der Waals surface area contributed by atoms with Crippen molar-refractivity contribution in [3.63, 3.8) is 0 Å². The largest absolute Gasteiger partial charge is 0.468 e. The molecule has 0 saturated heterocycles. The average Bonchev–Trinajstić information content (AvgIpc) is 2.33. The SMILES string of the molecule is COC(=O)C(CO)(CO)c1ccc(Br)cc1. The lowest BCUT2D eigenvalue weighted by Crippen LogP contribution is -2.44. The molecule has 0 unspecified atom stereocenters. The molecule has 1 aromatic carbocycles. The number of rotatable bonds is 4. The van der Waals surface area contributed by atoms with E-state index in [-0.39, 0.29) is 0 Å². The number of halogens is 1. The first-order valence-electron chi connectivity index (χ1n) is 4.67. The molecular formula is C11H13BrO4. The van der Waals surface area contributed by atoms with Crippen molar-refractivity contribution in [2.75, 3.05) is 20.3 Å². The molecule has 0 atom stereocenters. The molecule has 0 aromatic heterocycles. The second kappa shape index (κ2) is 5.43. The maximum Gasteiger partial charge on any atom is 0.321 e. The monoisotopic (exact) mass is 288 g/mol. The van der Waals surface area contributed by atoms with E-state index >= 15 is 0 Å². The predicted octanol–water partition coefficient (Wildman–Crippen LogP) is 0.844. The molecule has 4 nitrogen and oxygen atoms in total. The number of methoxy groups -OCH3 is 1. The Morgan fingerprint density at radius 2 is 1.81 bits per heavy atom. The molecule has 0 aliphatic heterocycles. The normalized spacial score (nSPS) is 11.2. The van der Waals surface area contributed by atoms with Gasteiger partial charge in [0, 0.05) is 4.47 Å². The minimum atomic E-state index is -1.39. The lowest BCUT2D eigenvalue weighted by Gasteiger charge is -2.27. The van der Waals surface area contributed by atoms with Crippen LogP contribution in [0.5, 0.6) is 0 Å². The standard InChI is InChI=1S/C11H13BrO4/c1-16-10(15)11(6-13,7-14)8-2-4-9(12)5-3-8/h2-5,13-14H,6-7H2,1H3. The molecule has 1 rings (SSSR count). The second-order valence-corrected chi connectivity index (χ2v) is 4.31. The van der Waals surface area contributed by atoms with Gasteiger partial charge in [-0.15, -0.1) is 0 Å². The lowest BCUT2D eigenvalue weighted by molar-refractivity contribution is -0.151. The summed E-state index contributed by atoms with van der Waals surface area (Å²) in [6.45, 7) is -1.00. The molecule has 0 amide bonds. The van der Waals surface area contributed by atoms with Crippen molar-refractivity contribution in [1.82, 2.24) is 0 Å². The number of ether oxygens (including phenoxy) is 1. The Hall–Kier alpha value is -0.910. The van der Waals surface area contributed by atoms with Crippen molar-refractivity contribution >= 4 is 21.9 Å². The van der Waals surface area contributed by atoms with Gasteiger partial charge >= 0.3 is 5.97 Å². The van der Waals surface area contributed by atoms with Crippen LogP contribution < -0.4 is 0 Å². The van der Waals surface area contributed by atoms with Crippen LogP contribution in [0.25, 0.3) is 0 Å². The zero-order valence-corrected chi connectivity index (χ0v) is 10.4. The Labute approximate surface area is 102 Å². The zero-order chi connectivity index (χ0) is 12.2. The van der Waals surface area contributed by atoms with E-state index in [0.717, 1.165) is 4.47 Å². The zero-order valence-electron chi connectivity index (χ0n) is 8.81. The number of hydrogen-bond donors (Lipinski definition) is 2. The van der Waals surface area contributed by atoms with Gasteiger partial charge in [-0.2, -0.15) is 0 Å². The third-order valence-electron chi connectivity index (χ3n) is 2.51. The second-order valence-electron chi connectivity index (χ2n) is 3.40. The quantitative estimate of drug-likeness (QED) is 0.806. The molecule has 0 heterocycles. The van der Waals surface area contributed by atoms with E-state index in [2.05, 4.69) is 20.7 Å². The van der Waals surface area contributed by atoms with Crippen molar-refractivity contribution in [3.05, 3.63) is 34.3 Å². The van der Waals surface area contributed by atoms with Crippen molar-refractivity contribution < 1.29 is 19.7 Å². The first-order valence-corrected chi connectivity index (χ1v) is 5.46. The Balaban J connectivity index is 3.20. The van der Waals surface area contributed by atoms with E-state index in [9.17, 15) is 15.0 Å². The highest BCUT2D eigenvalue weighted by Crippen LogP contribution is 2.26. The third-order valence-corrected chi connectivity index (χ3v) is 3.04. The fourth-order valence-corrected chi connectivity index (χ4v) is 1.71. The van der Waals surface area contributed by atoms with Crippen LogP contribution in [0.15, 0.2) is 28.7 Å². The molecule has 0 radical (unpaired) electrons. The van der Waals surface area contributed by atoms with Gasteiger partial charge in [-0.25, -0.2) is 0 Å². The summed E-state index contributed by atoms with van der Waals surface area (Å²) >= 11 is 3.27. The molecule has 0 spiro atoms. The van der Waals surface area contributed by atoms with Gasteiger partial charge in [0.15, 0.2) is 0 Å². The average molecular weight is 289 g/mol. The first-order chi connectivity index (χ1) is 7.60. The first kappa shape index (κ1) is 13.2. The number of aliphatic hydroxyl groups excluding tert-OH is 2. The minimum Gasteiger partial charge on any atom is -0.468 e. The van der Waals surface area contributed by atoms with Crippen molar-refractivity contribution in [3.8, 4) is 0 Å². The molecule has 88 valence electrons. The highest BCUT2D eigenvalue weighted by molar-refractivity contribution is 9.10. The fourth-order valence-electron chi connectivity index (χ4n) is 1.44. The van der Waals surface area contributed by atoms with Crippen LogP contribution in [-0.2, 0) is 14.9 Å². The number of carbonyl (C=O) groups is 1. The van der Waals surface area contributed by atoms with Crippen LogP contribution in [0.3, 0.4) is 0 Å². The summed E-state index contributed by atoms with van der Waals surface area (Å²) in [5.41, 5.74) is -0.873. The minimum absolute atomic E-state index is 0.502. The van der Waals surface area contributed by atoms with Crippen LogP contribution >= 0.6 is 15.9 Å². The van der Waals surface area contributed by atoms with E-state index < -0.39 is 24.6 Å². The maximum atomic E-state index is 11.6. The molecule has 0 fully saturated rings. The van der Waals surface area contributed by atoms with Crippen LogP contribution in [0.2, 0.25) is 0 Å². The maximum absolute atomic E-state index is 11.6. The molecule has 5 heteroatoms. The summed E-state index contributed by atoms with van der Waals surface area (Å²) in [4.78, 5) is 11.6. The molecular weight excluding hydrogens is 276 g/mol. The molecule has 0 aliphatic carbocycles. The van der Waals surface area contributed by atoms with Gasteiger partial charge < -0.3 is 14.9 Å². The van der Waals surface area contributed by atoms with E-state index in [1.165, 1.54) is 7.11 Å². The van der Waals surface area contributed by atoms with E-state index in [1.807, 2.05) is 0 Å². The third kappa shape index (κ3) is 2.26. The predicted molar refractivity (Wildman–Crippen MR) is 62.0 cm³/mol. The van der Waals surface area contributed by atoms with Crippen molar-refractivity contribution in [2.24, 2.45) is 0 Å². The van der Waals surface area contributed by atoms with Gasteiger partial charge in [0.1, 0.15) is 5.41 Å². The van der Waals surface area contributed by atoms with Gasteiger partial charge in [0.25, 0.3) is 0 Å². The molecule has 0 aliphatic rings. The van der Waals surface area contributed by atoms with Gasteiger partial charge in [-0.3, -0.25) is 4.79 Å². The Morgan fingerprint density at radius 1 is 1.31 bits per heavy atom. The molecule has 2 N–H and O–H groups in total. The number of benzene rings is 1. The summed E-state index contributed by atoms with van der Waals surface area (Å²) < 4.78 is 5.46. The molecule has 0 bridgehead atoms. The number of aliphatic hydroxyl groups is 2. The summed E-state index contributed by atoms with van der Waals surface area (Å²) in [6, 6.07) is 6.79. The lowest BCUT2D eigenvalue weighted by atomic mass is 9.82. The van der Waals surface area contributed by atoms with E-state index in [1.54, 1.807) is 24.3 Å². The summed E-state index contributed by atoms with van der Waals surface area (Å²) in [7, 11) is 1.22. The van der Waals surface area contributed by atoms with Crippen LogP contribution in [0, 0.1) is 0 Å². The summed E-state index contributed by atoms with van der Waals surface area (Å²) in [6.07, 6.45) is 0. The van der Waals surface area contributed by atoms with Crippen LogP contribution in [0.4, 0.5) is 0 Å². The number of hydrogen-bond acceptors (Lipinski definition) is 4. The Morgan fingerprint density at radius 3 is 2.19 bits per heavy atom. The fraction of sp³-hybridized carbons (Fsp3) is 0.364. The van der Waals surface area contributed by atoms with Crippen molar-refractivity contribution in [2.45, 2.75) is 5.41 Å². The van der Waals surface area contributed by atoms with E-state index in [4.69, 9.17) is 0 Å². The van der Waals surface area contributed by atoms with Crippen molar-refractivity contribution in [1.29, 1.82) is 0 Å². The van der Waals surface area contributed by atoms with Gasteiger partial charge in [0.2, 0.25) is 0 Å². The highest BCUT2D eigenvalue weighted by Gasteiger charge is 2.40. The van der Waals surface area contributed by atoms with Gasteiger partial charge in [-0.1, -0.05) is 28.1 Å². The number of esters is 1. The molecule has 16 heavy (non-hydrogen) atoms. The van der Waals surface area contributed by atoms with E-state index in [0.29, 0.717) is 5.56 Å².